The zero-order chi connectivity index (χ0) is 23.2. The molecule has 0 radical (unpaired) electrons. The van der Waals surface area contributed by atoms with E-state index in [1.807, 2.05) is 59.4 Å². The van der Waals surface area contributed by atoms with Gasteiger partial charge in [-0.15, -0.1) is 11.8 Å². The minimum Gasteiger partial charge on any atom is -0.352 e. The molecule has 0 saturated heterocycles. The van der Waals surface area contributed by atoms with Gasteiger partial charge in [0.05, 0.1) is 11.0 Å². The molecule has 0 aliphatic heterocycles. The van der Waals surface area contributed by atoms with E-state index in [1.165, 1.54) is 0 Å². The van der Waals surface area contributed by atoms with Gasteiger partial charge in [-0.1, -0.05) is 29.8 Å². The molecular weight excluding hydrogens is 456 g/mol. The number of halogens is 1. The van der Waals surface area contributed by atoms with E-state index in [4.69, 9.17) is 16.6 Å². The van der Waals surface area contributed by atoms with Crippen molar-refractivity contribution in [3.63, 3.8) is 0 Å². The molecule has 6 nitrogen and oxygen atoms in total. The van der Waals surface area contributed by atoms with Crippen molar-refractivity contribution in [2.75, 3.05) is 18.1 Å². The summed E-state index contributed by atoms with van der Waals surface area (Å²) in [6.07, 6.45) is 2.49. The quantitative estimate of drug-likeness (QED) is 0.348. The van der Waals surface area contributed by atoms with Crippen LogP contribution in [0.3, 0.4) is 0 Å². The minimum absolute atomic E-state index is 0.129. The number of anilines is 1. The van der Waals surface area contributed by atoms with Crippen molar-refractivity contribution in [2.45, 2.75) is 17.9 Å². The molecule has 3 aromatic carbocycles. The number of rotatable bonds is 8. The van der Waals surface area contributed by atoms with Gasteiger partial charge in [0.15, 0.2) is 0 Å². The molecule has 0 spiro atoms. The monoisotopic (exact) mass is 478 g/mol. The first-order chi connectivity index (χ1) is 16.0. The summed E-state index contributed by atoms with van der Waals surface area (Å²) in [5, 5.41) is 6.45. The normalized spacial score (nSPS) is 10.8. The van der Waals surface area contributed by atoms with Crippen molar-refractivity contribution in [2.24, 2.45) is 0 Å². The van der Waals surface area contributed by atoms with E-state index in [0.717, 1.165) is 27.4 Å². The molecule has 2 N–H and O–H groups in total. The van der Waals surface area contributed by atoms with Gasteiger partial charge in [0.1, 0.15) is 12.4 Å². The largest absolute Gasteiger partial charge is 0.352 e. The lowest BCUT2D eigenvalue weighted by molar-refractivity contribution is -0.116. The minimum atomic E-state index is -0.180. The number of imidazole rings is 1. The number of thioether (sulfide) groups is 1. The van der Waals surface area contributed by atoms with Gasteiger partial charge in [-0.05, 0) is 60.9 Å². The van der Waals surface area contributed by atoms with Crippen molar-refractivity contribution < 1.29 is 9.59 Å². The van der Waals surface area contributed by atoms with Gasteiger partial charge < -0.3 is 15.2 Å². The van der Waals surface area contributed by atoms with Crippen LogP contribution >= 0.6 is 23.4 Å². The second-order valence-electron chi connectivity index (χ2n) is 7.40. The summed E-state index contributed by atoms with van der Waals surface area (Å²) in [5.41, 5.74) is 2.99. The number of hydrogen-bond donors (Lipinski definition) is 2. The third-order valence-electron chi connectivity index (χ3n) is 5.13. The zero-order valence-electron chi connectivity index (χ0n) is 18.0. The maximum atomic E-state index is 12.8. The molecule has 1 aromatic heterocycles. The molecule has 4 rings (SSSR count). The van der Waals surface area contributed by atoms with Crippen LogP contribution in [0.25, 0.3) is 11.0 Å². The van der Waals surface area contributed by atoms with Crippen molar-refractivity contribution in [3.8, 4) is 0 Å². The fourth-order valence-electron chi connectivity index (χ4n) is 3.53. The van der Waals surface area contributed by atoms with E-state index in [-0.39, 0.29) is 18.4 Å². The third-order valence-corrected chi connectivity index (χ3v) is 6.11. The summed E-state index contributed by atoms with van der Waals surface area (Å²) in [6.45, 7) is 0.520. The van der Waals surface area contributed by atoms with Crippen molar-refractivity contribution in [3.05, 3.63) is 89.2 Å². The average Bonchev–Trinajstić information content (AvgIpc) is 3.16. The summed E-state index contributed by atoms with van der Waals surface area (Å²) in [7, 11) is 0. The number of nitrogens with one attached hydrogen (secondary N) is 2. The van der Waals surface area contributed by atoms with Crippen LogP contribution in [0.1, 0.15) is 16.2 Å². The molecule has 0 unspecified atom stereocenters. The molecule has 0 aliphatic carbocycles. The number of para-hydroxylation sites is 2. The Morgan fingerprint density at radius 1 is 1.03 bits per heavy atom. The maximum Gasteiger partial charge on any atom is 0.251 e. The number of carbonyl (C=O) groups excluding carboxylic acids is 2. The summed E-state index contributed by atoms with van der Waals surface area (Å²) in [5.74, 6) is 0.421. The summed E-state index contributed by atoms with van der Waals surface area (Å²) in [4.78, 5) is 31.0. The number of hydrogen-bond acceptors (Lipinski definition) is 4. The summed E-state index contributed by atoms with van der Waals surface area (Å²) in [6, 6.07) is 22.2. The number of fused-ring (bicyclic) bond motifs is 1. The van der Waals surface area contributed by atoms with Crippen LogP contribution in [0, 0.1) is 0 Å². The molecule has 33 heavy (non-hydrogen) atoms. The highest BCUT2D eigenvalue weighted by Crippen LogP contribution is 2.20. The Morgan fingerprint density at radius 3 is 2.61 bits per heavy atom. The van der Waals surface area contributed by atoms with Gasteiger partial charge >= 0.3 is 0 Å². The molecule has 2 amide bonds. The van der Waals surface area contributed by atoms with Gasteiger partial charge in [-0.25, -0.2) is 4.98 Å². The zero-order valence-corrected chi connectivity index (χ0v) is 19.6. The summed E-state index contributed by atoms with van der Waals surface area (Å²) < 4.78 is 1.90. The number of nitrogens with zero attached hydrogens (tertiary/aromatic N) is 2. The molecular formula is C25H23ClN4O2S. The lowest BCUT2D eigenvalue weighted by atomic mass is 10.2. The predicted octanol–water partition coefficient (Wildman–Crippen LogP) is 5.02. The van der Waals surface area contributed by atoms with E-state index in [0.29, 0.717) is 23.6 Å². The Morgan fingerprint density at radius 2 is 1.82 bits per heavy atom. The van der Waals surface area contributed by atoms with Crippen LogP contribution in [-0.2, 0) is 17.8 Å². The Bertz CT molecular complexity index is 1290. The van der Waals surface area contributed by atoms with Gasteiger partial charge in [-0.3, -0.25) is 9.59 Å². The van der Waals surface area contributed by atoms with E-state index in [1.54, 1.807) is 36.0 Å². The Kier molecular flexibility index (Phi) is 7.32. The van der Waals surface area contributed by atoms with Crippen LogP contribution in [0.2, 0.25) is 5.02 Å². The molecule has 0 aliphatic rings. The second kappa shape index (κ2) is 10.6. The number of amides is 2. The molecule has 4 aromatic rings. The van der Waals surface area contributed by atoms with E-state index in [2.05, 4.69) is 10.6 Å². The van der Waals surface area contributed by atoms with Crippen LogP contribution in [0.5, 0.6) is 0 Å². The Hall–Kier alpha value is -3.29. The standard InChI is InChI=1S/C25H23ClN4O2S/c1-33-20-6-4-5-19(15-20)28-24(31)16-30-22-8-3-2-7-21(22)29-23(30)13-14-27-25(32)17-9-11-18(26)12-10-17/h2-12,15H,13-14,16H2,1H3,(H,27,32)(H,28,31). The molecule has 8 heteroatoms. The first-order valence-electron chi connectivity index (χ1n) is 10.5. The van der Waals surface area contributed by atoms with Crippen molar-refractivity contribution in [1.82, 2.24) is 14.9 Å². The van der Waals surface area contributed by atoms with Crippen LogP contribution in [0.4, 0.5) is 5.69 Å². The van der Waals surface area contributed by atoms with Gasteiger partial charge in [-0.2, -0.15) is 0 Å². The van der Waals surface area contributed by atoms with Crippen LogP contribution in [0.15, 0.2) is 77.7 Å². The van der Waals surface area contributed by atoms with Gasteiger partial charge in [0.2, 0.25) is 5.91 Å². The van der Waals surface area contributed by atoms with E-state index in [9.17, 15) is 9.59 Å². The van der Waals surface area contributed by atoms with Crippen LogP contribution < -0.4 is 10.6 Å². The lowest BCUT2D eigenvalue weighted by Gasteiger charge is -2.11. The van der Waals surface area contributed by atoms with Gasteiger partial charge in [0.25, 0.3) is 5.91 Å². The van der Waals surface area contributed by atoms with E-state index >= 15 is 0 Å². The fourth-order valence-corrected chi connectivity index (χ4v) is 4.11. The molecule has 0 bridgehead atoms. The highest BCUT2D eigenvalue weighted by molar-refractivity contribution is 7.98. The molecule has 1 heterocycles. The van der Waals surface area contributed by atoms with Crippen molar-refractivity contribution >= 4 is 51.9 Å². The second-order valence-corrected chi connectivity index (χ2v) is 8.71. The topological polar surface area (TPSA) is 76.0 Å². The molecule has 0 atom stereocenters. The third kappa shape index (κ3) is 5.74. The maximum absolute atomic E-state index is 12.8. The number of benzene rings is 3. The first-order valence-corrected chi connectivity index (χ1v) is 12.1. The Labute approximate surface area is 201 Å². The number of aromatic nitrogens is 2. The average molecular weight is 479 g/mol. The Balaban J connectivity index is 1.46. The smallest absolute Gasteiger partial charge is 0.251 e. The predicted molar refractivity (Wildman–Crippen MR) is 134 cm³/mol. The number of carbonyl (C=O) groups is 2. The molecule has 0 fully saturated rings. The lowest BCUT2D eigenvalue weighted by Crippen LogP contribution is -2.27. The van der Waals surface area contributed by atoms with Crippen LogP contribution in [-0.4, -0.2) is 34.2 Å². The van der Waals surface area contributed by atoms with Crippen molar-refractivity contribution in [1.29, 1.82) is 0 Å². The highest BCUT2D eigenvalue weighted by Gasteiger charge is 2.14. The van der Waals surface area contributed by atoms with Gasteiger partial charge in [0, 0.05) is 34.1 Å². The highest BCUT2D eigenvalue weighted by atomic mass is 35.5. The molecule has 168 valence electrons. The summed E-state index contributed by atoms with van der Waals surface area (Å²) >= 11 is 7.51. The molecule has 0 saturated carbocycles. The first kappa shape index (κ1) is 22.9. The van der Waals surface area contributed by atoms with E-state index < -0.39 is 0 Å². The SMILES string of the molecule is CSc1cccc(NC(=O)Cn2c(CCNC(=O)c3ccc(Cl)cc3)nc3ccccc32)c1. The fraction of sp³-hybridized carbons (Fsp3) is 0.160.